The monoisotopic (exact) mass is 576 g/mol. The quantitative estimate of drug-likeness (QED) is 0.272. The Labute approximate surface area is 243 Å². The zero-order valence-corrected chi connectivity index (χ0v) is 24.2. The maximum Gasteiger partial charge on any atom is 0.240 e. The molecule has 3 atom stereocenters. The number of hydrogen-bond acceptors (Lipinski definition) is 6. The minimum absolute atomic E-state index is 0.00587. The minimum atomic E-state index is -3.59. The van der Waals surface area contributed by atoms with Gasteiger partial charge in [0.25, 0.3) is 0 Å². The van der Waals surface area contributed by atoms with E-state index < -0.39 is 16.3 Å². The molecule has 1 saturated heterocycles. The molecule has 1 aliphatic carbocycles. The number of aliphatic hydroxyl groups is 1. The molecule has 218 valence electrons. The number of nitrogens with zero attached hydrogens (tertiary/aromatic N) is 1. The van der Waals surface area contributed by atoms with Crippen molar-refractivity contribution in [3.63, 3.8) is 0 Å². The van der Waals surface area contributed by atoms with Crippen LogP contribution in [0, 0.1) is 0 Å². The first-order valence-electron chi connectivity index (χ1n) is 14.4. The molecule has 3 aromatic rings. The van der Waals surface area contributed by atoms with Crippen LogP contribution in [0.15, 0.2) is 96.4 Å². The fourth-order valence-corrected chi connectivity index (χ4v) is 6.80. The van der Waals surface area contributed by atoms with E-state index in [0.29, 0.717) is 6.04 Å². The van der Waals surface area contributed by atoms with Gasteiger partial charge in [0.15, 0.2) is 6.29 Å². The second-order valence-electron chi connectivity index (χ2n) is 10.9. The fourth-order valence-electron chi connectivity index (χ4n) is 5.76. The molecule has 0 amide bonds. The van der Waals surface area contributed by atoms with E-state index in [1.807, 2.05) is 54.6 Å². The first-order valence-corrected chi connectivity index (χ1v) is 15.9. The average Bonchev–Trinajstić information content (AvgIpc) is 3.56. The summed E-state index contributed by atoms with van der Waals surface area (Å²) >= 11 is 0. The molecule has 0 unspecified atom stereocenters. The number of aliphatic hydroxyl groups excluding tert-OH is 1. The molecular formula is C33H40N2O5S. The molecule has 41 heavy (non-hydrogen) atoms. The van der Waals surface area contributed by atoms with E-state index in [2.05, 4.69) is 16.2 Å². The van der Waals surface area contributed by atoms with E-state index in [9.17, 15) is 13.5 Å². The lowest BCUT2D eigenvalue weighted by Gasteiger charge is -2.39. The first-order chi connectivity index (χ1) is 19.9. The van der Waals surface area contributed by atoms with Crippen LogP contribution >= 0.6 is 0 Å². The van der Waals surface area contributed by atoms with Crippen LogP contribution in [0.1, 0.15) is 66.8 Å². The van der Waals surface area contributed by atoms with Crippen LogP contribution in [0.4, 0.5) is 0 Å². The van der Waals surface area contributed by atoms with E-state index in [-0.39, 0.29) is 30.3 Å². The highest BCUT2D eigenvalue weighted by Crippen LogP contribution is 2.39. The standard InChI is InChI=1S/C33H40N2O5S/c1-2-20-35(29-8-6-7-9-29)23-30-21-32(27-16-14-26(24-36)15-17-27)40-33(39-30)28-18-12-25(13-19-28)22-34-41(37,38)31-10-4-3-5-11-31/h2-5,10-19,29-30,32-34,36H,1,6-9,20-24H2/t30-,32+,33+/m1/s1. The van der Waals surface area contributed by atoms with Gasteiger partial charge in [-0.25, -0.2) is 13.1 Å². The normalized spacial score (nSPS) is 21.8. The van der Waals surface area contributed by atoms with Gasteiger partial charge in [0.1, 0.15) is 0 Å². The van der Waals surface area contributed by atoms with E-state index >= 15 is 0 Å². The molecule has 2 aliphatic rings. The zero-order chi connectivity index (χ0) is 28.7. The van der Waals surface area contributed by atoms with Crippen molar-refractivity contribution in [1.82, 2.24) is 9.62 Å². The van der Waals surface area contributed by atoms with Crippen LogP contribution < -0.4 is 4.72 Å². The fraction of sp³-hybridized carbons (Fsp3) is 0.394. The molecule has 2 fully saturated rings. The zero-order valence-electron chi connectivity index (χ0n) is 23.4. The van der Waals surface area contributed by atoms with Crippen molar-refractivity contribution >= 4 is 10.0 Å². The molecule has 0 bridgehead atoms. The van der Waals surface area contributed by atoms with Gasteiger partial charge in [-0.15, -0.1) is 6.58 Å². The van der Waals surface area contributed by atoms with Gasteiger partial charge in [0.2, 0.25) is 10.0 Å². The van der Waals surface area contributed by atoms with Gasteiger partial charge in [-0.3, -0.25) is 4.90 Å². The Morgan fingerprint density at radius 3 is 2.22 bits per heavy atom. The second-order valence-corrected chi connectivity index (χ2v) is 12.7. The van der Waals surface area contributed by atoms with Gasteiger partial charge in [0, 0.05) is 37.7 Å². The van der Waals surface area contributed by atoms with Crippen LogP contribution in [0.25, 0.3) is 0 Å². The molecule has 0 radical (unpaired) electrons. The van der Waals surface area contributed by atoms with E-state index in [0.717, 1.165) is 41.8 Å². The summed E-state index contributed by atoms with van der Waals surface area (Å²) in [6.45, 7) is 5.82. The third-order valence-electron chi connectivity index (χ3n) is 8.03. The largest absolute Gasteiger partial charge is 0.392 e. The van der Waals surface area contributed by atoms with Crippen molar-refractivity contribution in [3.05, 3.63) is 114 Å². The Morgan fingerprint density at radius 2 is 1.56 bits per heavy atom. The van der Waals surface area contributed by atoms with Gasteiger partial charge < -0.3 is 14.6 Å². The maximum atomic E-state index is 12.6. The Kier molecular flexibility index (Phi) is 10.0. The van der Waals surface area contributed by atoms with Crippen LogP contribution in [0.3, 0.4) is 0 Å². The van der Waals surface area contributed by atoms with Gasteiger partial charge in [-0.1, -0.05) is 85.6 Å². The molecule has 1 saturated carbocycles. The second kappa shape index (κ2) is 13.9. The SMILES string of the molecule is C=CCN(C[C@H]1C[C@@H](c2ccc(CO)cc2)O[C@@H](c2ccc(CNS(=O)(=O)c3ccccc3)cc2)O1)C1CCCC1. The summed E-state index contributed by atoms with van der Waals surface area (Å²) in [4.78, 5) is 2.74. The summed E-state index contributed by atoms with van der Waals surface area (Å²) in [6.07, 6.45) is 6.92. The smallest absolute Gasteiger partial charge is 0.240 e. The highest BCUT2D eigenvalue weighted by atomic mass is 32.2. The summed E-state index contributed by atoms with van der Waals surface area (Å²) in [5.74, 6) is 0. The first kappa shape index (κ1) is 29.6. The minimum Gasteiger partial charge on any atom is -0.392 e. The molecule has 0 spiro atoms. The number of nitrogens with one attached hydrogen (secondary N) is 1. The molecule has 1 heterocycles. The predicted molar refractivity (Wildman–Crippen MR) is 159 cm³/mol. The van der Waals surface area contributed by atoms with Crippen molar-refractivity contribution in [2.75, 3.05) is 13.1 Å². The van der Waals surface area contributed by atoms with Crippen LogP contribution in [0.5, 0.6) is 0 Å². The highest BCUT2D eigenvalue weighted by molar-refractivity contribution is 7.89. The number of benzene rings is 3. The van der Waals surface area contributed by atoms with Gasteiger partial charge in [-0.2, -0.15) is 0 Å². The lowest BCUT2D eigenvalue weighted by Crippen LogP contribution is -2.43. The Balaban J connectivity index is 1.31. The summed E-state index contributed by atoms with van der Waals surface area (Å²) in [5, 5.41) is 9.49. The summed E-state index contributed by atoms with van der Waals surface area (Å²) in [7, 11) is -3.59. The summed E-state index contributed by atoms with van der Waals surface area (Å²) in [6, 6.07) is 24.6. The lowest BCUT2D eigenvalue weighted by atomic mass is 9.99. The predicted octanol–water partition coefficient (Wildman–Crippen LogP) is 5.63. The van der Waals surface area contributed by atoms with E-state index in [1.165, 1.54) is 25.7 Å². The van der Waals surface area contributed by atoms with Crippen LogP contribution in [0.2, 0.25) is 0 Å². The van der Waals surface area contributed by atoms with Crippen LogP contribution in [-0.2, 0) is 32.6 Å². The third kappa shape index (κ3) is 7.71. The molecule has 8 heteroatoms. The lowest BCUT2D eigenvalue weighted by molar-refractivity contribution is -0.253. The topological polar surface area (TPSA) is 88.1 Å². The summed E-state index contributed by atoms with van der Waals surface area (Å²) in [5.41, 5.74) is 3.65. The maximum absolute atomic E-state index is 12.6. The average molecular weight is 577 g/mol. The highest BCUT2D eigenvalue weighted by Gasteiger charge is 2.34. The number of sulfonamides is 1. The van der Waals surface area contributed by atoms with Gasteiger partial charge >= 0.3 is 0 Å². The van der Waals surface area contributed by atoms with E-state index in [1.54, 1.807) is 30.3 Å². The number of ether oxygens (including phenoxy) is 2. The van der Waals surface area contributed by atoms with Crippen molar-refractivity contribution in [1.29, 1.82) is 0 Å². The molecule has 0 aromatic heterocycles. The number of hydrogen-bond donors (Lipinski definition) is 2. The van der Waals surface area contributed by atoms with Crippen molar-refractivity contribution < 1.29 is 23.0 Å². The van der Waals surface area contributed by atoms with E-state index in [4.69, 9.17) is 9.47 Å². The molecule has 1 aliphatic heterocycles. The van der Waals surface area contributed by atoms with Crippen molar-refractivity contribution in [3.8, 4) is 0 Å². The Hall–Kier alpha value is -2.85. The Morgan fingerprint density at radius 1 is 0.902 bits per heavy atom. The van der Waals surface area contributed by atoms with Gasteiger partial charge in [0.05, 0.1) is 23.7 Å². The molecular weight excluding hydrogens is 536 g/mol. The molecule has 3 aromatic carbocycles. The van der Waals surface area contributed by atoms with Crippen LogP contribution in [-0.4, -0.2) is 43.7 Å². The number of rotatable bonds is 12. The Bertz CT molecular complexity index is 1360. The van der Waals surface area contributed by atoms with Crippen molar-refractivity contribution in [2.24, 2.45) is 0 Å². The van der Waals surface area contributed by atoms with Crippen molar-refractivity contribution in [2.45, 2.75) is 74.7 Å². The van der Waals surface area contributed by atoms with Gasteiger partial charge in [-0.05, 0) is 41.7 Å². The molecule has 5 rings (SSSR count). The summed E-state index contributed by atoms with van der Waals surface area (Å²) < 4.78 is 41.0. The third-order valence-corrected chi connectivity index (χ3v) is 9.45. The molecule has 7 nitrogen and oxygen atoms in total. The molecule has 2 N–H and O–H groups in total.